The zero-order valence-corrected chi connectivity index (χ0v) is 10.2. The summed E-state index contributed by atoms with van der Waals surface area (Å²) in [6.07, 6.45) is 0. The maximum absolute atomic E-state index is 11.1. The first-order valence-corrected chi connectivity index (χ1v) is 5.33. The second-order valence-corrected chi connectivity index (χ2v) is 3.37. The molecule has 1 aromatic rings. The Morgan fingerprint density at radius 2 is 2.22 bits per heavy atom. The van der Waals surface area contributed by atoms with Crippen molar-refractivity contribution in [3.63, 3.8) is 0 Å². The van der Waals surface area contributed by atoms with Gasteiger partial charge in [-0.25, -0.2) is 4.79 Å². The molecule has 0 aromatic heterocycles. The van der Waals surface area contributed by atoms with Gasteiger partial charge in [-0.15, -0.1) is 0 Å². The monoisotopic (exact) mass is 271 g/mol. The molecule has 0 radical (unpaired) electrons. The first-order chi connectivity index (χ1) is 8.56. The average Bonchev–Trinajstić information content (AvgIpc) is 2.36. The highest BCUT2D eigenvalue weighted by atomic mass is 35.5. The predicted molar refractivity (Wildman–Crippen MR) is 66.6 cm³/mol. The number of esters is 1. The molecule has 8 heteroatoms. The standard InChI is InChI=1S/C10H10ClN3O4/c1-2-18-10(15)9(11)13-12-7-5-3-4-6-8(7)14(16)17/h3-6,12H,2H2,1H3/b13-9+. The van der Waals surface area contributed by atoms with Gasteiger partial charge in [0.15, 0.2) is 0 Å². The summed E-state index contributed by atoms with van der Waals surface area (Å²) < 4.78 is 4.59. The molecule has 0 spiro atoms. The number of anilines is 1. The Morgan fingerprint density at radius 1 is 1.56 bits per heavy atom. The molecule has 1 aromatic carbocycles. The van der Waals surface area contributed by atoms with Gasteiger partial charge >= 0.3 is 5.97 Å². The van der Waals surface area contributed by atoms with Crippen LogP contribution in [0.15, 0.2) is 29.4 Å². The number of carbonyl (C=O) groups is 1. The number of nitro benzene ring substituents is 1. The van der Waals surface area contributed by atoms with Gasteiger partial charge in [-0.2, -0.15) is 5.10 Å². The zero-order valence-electron chi connectivity index (χ0n) is 9.42. The minimum absolute atomic E-state index is 0.130. The highest BCUT2D eigenvalue weighted by Gasteiger charge is 2.13. The Labute approximate surface area is 108 Å². The van der Waals surface area contributed by atoms with Crippen molar-refractivity contribution in [2.45, 2.75) is 6.92 Å². The second kappa shape index (κ2) is 6.55. The van der Waals surface area contributed by atoms with Crippen molar-refractivity contribution in [3.8, 4) is 0 Å². The van der Waals surface area contributed by atoms with Crippen LogP contribution < -0.4 is 5.43 Å². The number of benzene rings is 1. The largest absolute Gasteiger partial charge is 0.461 e. The van der Waals surface area contributed by atoms with Crippen LogP contribution in [0.3, 0.4) is 0 Å². The lowest BCUT2D eigenvalue weighted by atomic mass is 10.3. The van der Waals surface area contributed by atoms with Crippen molar-refractivity contribution in [1.29, 1.82) is 0 Å². The minimum Gasteiger partial charge on any atom is -0.461 e. The van der Waals surface area contributed by atoms with Crippen LogP contribution in [0.2, 0.25) is 0 Å². The van der Waals surface area contributed by atoms with Crippen LogP contribution in [0.4, 0.5) is 11.4 Å². The van der Waals surface area contributed by atoms with E-state index in [-0.39, 0.29) is 18.0 Å². The van der Waals surface area contributed by atoms with Gasteiger partial charge < -0.3 is 4.74 Å². The van der Waals surface area contributed by atoms with E-state index in [0.29, 0.717) is 0 Å². The van der Waals surface area contributed by atoms with Crippen LogP contribution in [0.5, 0.6) is 0 Å². The number of ether oxygens (including phenoxy) is 1. The first kappa shape index (κ1) is 13.9. The van der Waals surface area contributed by atoms with Gasteiger partial charge in [0.25, 0.3) is 5.69 Å². The summed E-state index contributed by atoms with van der Waals surface area (Å²) in [5.74, 6) is -0.801. The molecule has 0 amide bonds. The van der Waals surface area contributed by atoms with Gasteiger partial charge in [-0.1, -0.05) is 23.7 Å². The van der Waals surface area contributed by atoms with Crippen molar-refractivity contribution in [2.24, 2.45) is 5.10 Å². The molecule has 18 heavy (non-hydrogen) atoms. The first-order valence-electron chi connectivity index (χ1n) is 4.96. The van der Waals surface area contributed by atoms with Crippen molar-refractivity contribution in [2.75, 3.05) is 12.0 Å². The molecule has 0 aliphatic carbocycles. The van der Waals surface area contributed by atoms with Crippen LogP contribution in [-0.2, 0) is 9.53 Å². The normalized spacial score (nSPS) is 10.9. The zero-order chi connectivity index (χ0) is 13.5. The number of nitrogens with zero attached hydrogens (tertiary/aromatic N) is 2. The highest BCUT2D eigenvalue weighted by molar-refractivity contribution is 6.82. The van der Waals surface area contributed by atoms with Crippen molar-refractivity contribution in [1.82, 2.24) is 0 Å². The van der Waals surface area contributed by atoms with E-state index in [1.54, 1.807) is 13.0 Å². The van der Waals surface area contributed by atoms with Gasteiger partial charge in [-0.3, -0.25) is 15.5 Å². The van der Waals surface area contributed by atoms with Crippen LogP contribution >= 0.6 is 11.6 Å². The summed E-state index contributed by atoms with van der Waals surface area (Å²) in [5, 5.41) is 13.8. The molecule has 0 atom stereocenters. The predicted octanol–water partition coefficient (Wildman–Crippen LogP) is 2.12. The number of hydrogen-bond donors (Lipinski definition) is 1. The van der Waals surface area contributed by atoms with Crippen LogP contribution in [0, 0.1) is 10.1 Å². The molecule has 0 saturated heterocycles. The molecule has 0 saturated carbocycles. The number of para-hydroxylation sites is 2. The minimum atomic E-state index is -0.801. The Morgan fingerprint density at radius 3 is 2.83 bits per heavy atom. The number of rotatable bonds is 5. The number of hydrazone groups is 1. The summed E-state index contributed by atoms with van der Waals surface area (Å²) in [6, 6.07) is 5.84. The van der Waals surface area contributed by atoms with E-state index < -0.39 is 16.1 Å². The Bertz CT molecular complexity index is 490. The third-order valence-corrected chi connectivity index (χ3v) is 2.06. The third-order valence-electron chi connectivity index (χ3n) is 1.82. The molecule has 1 N–H and O–H groups in total. The van der Waals surface area contributed by atoms with E-state index >= 15 is 0 Å². The Kier molecular flexibility index (Phi) is 5.06. The number of nitro groups is 1. The van der Waals surface area contributed by atoms with Gasteiger partial charge in [0.2, 0.25) is 5.17 Å². The van der Waals surface area contributed by atoms with E-state index in [1.807, 2.05) is 0 Å². The van der Waals surface area contributed by atoms with E-state index in [9.17, 15) is 14.9 Å². The molecular formula is C10H10ClN3O4. The van der Waals surface area contributed by atoms with Gasteiger partial charge in [0.1, 0.15) is 5.69 Å². The number of hydrogen-bond acceptors (Lipinski definition) is 6. The van der Waals surface area contributed by atoms with Crippen LogP contribution in [0.1, 0.15) is 6.92 Å². The van der Waals surface area contributed by atoms with E-state index in [0.717, 1.165) is 0 Å². The number of carbonyl (C=O) groups excluding carboxylic acids is 1. The fourth-order valence-electron chi connectivity index (χ4n) is 1.07. The molecule has 0 bridgehead atoms. The van der Waals surface area contributed by atoms with E-state index in [1.165, 1.54) is 18.2 Å². The number of nitrogens with one attached hydrogen (secondary N) is 1. The summed E-state index contributed by atoms with van der Waals surface area (Å²) >= 11 is 5.53. The fourth-order valence-corrected chi connectivity index (χ4v) is 1.17. The summed E-state index contributed by atoms with van der Waals surface area (Å²) in [5.41, 5.74) is 2.31. The molecule has 0 unspecified atom stereocenters. The number of halogens is 1. The third kappa shape index (κ3) is 3.70. The lowest BCUT2D eigenvalue weighted by Gasteiger charge is -2.02. The second-order valence-electron chi connectivity index (χ2n) is 3.01. The van der Waals surface area contributed by atoms with Crippen molar-refractivity contribution < 1.29 is 14.5 Å². The summed E-state index contributed by atoms with van der Waals surface area (Å²) in [4.78, 5) is 21.2. The Hall–Kier alpha value is -2.15. The maximum Gasteiger partial charge on any atom is 0.370 e. The smallest absolute Gasteiger partial charge is 0.370 e. The SMILES string of the molecule is CCOC(=O)/C(Cl)=N\Nc1ccccc1[N+](=O)[O-]. The van der Waals surface area contributed by atoms with Crippen LogP contribution in [-0.4, -0.2) is 22.7 Å². The molecule has 0 aliphatic heterocycles. The Balaban J connectivity index is 2.83. The fraction of sp³-hybridized carbons (Fsp3) is 0.200. The molecule has 7 nitrogen and oxygen atoms in total. The van der Waals surface area contributed by atoms with E-state index in [2.05, 4.69) is 15.3 Å². The maximum atomic E-state index is 11.1. The van der Waals surface area contributed by atoms with Gasteiger partial charge in [0.05, 0.1) is 11.5 Å². The molecular weight excluding hydrogens is 262 g/mol. The molecule has 1 rings (SSSR count). The van der Waals surface area contributed by atoms with Crippen molar-refractivity contribution in [3.05, 3.63) is 34.4 Å². The van der Waals surface area contributed by atoms with Gasteiger partial charge in [-0.05, 0) is 13.0 Å². The van der Waals surface area contributed by atoms with E-state index in [4.69, 9.17) is 11.6 Å². The quantitative estimate of drug-likeness (QED) is 0.383. The lowest BCUT2D eigenvalue weighted by molar-refractivity contribution is -0.384. The topological polar surface area (TPSA) is 93.8 Å². The van der Waals surface area contributed by atoms with Gasteiger partial charge in [0, 0.05) is 6.07 Å². The molecule has 0 heterocycles. The van der Waals surface area contributed by atoms with Crippen LogP contribution in [0.25, 0.3) is 0 Å². The lowest BCUT2D eigenvalue weighted by Crippen LogP contribution is -2.13. The average molecular weight is 272 g/mol. The van der Waals surface area contributed by atoms with Crippen molar-refractivity contribution >= 4 is 34.1 Å². The highest BCUT2D eigenvalue weighted by Crippen LogP contribution is 2.23. The summed E-state index contributed by atoms with van der Waals surface area (Å²) in [6.45, 7) is 1.79. The molecule has 0 aliphatic rings. The summed E-state index contributed by atoms with van der Waals surface area (Å²) in [7, 11) is 0. The molecule has 0 fully saturated rings. The molecule has 96 valence electrons.